The van der Waals surface area contributed by atoms with Crippen molar-refractivity contribution in [3.05, 3.63) is 59.4 Å². The van der Waals surface area contributed by atoms with Crippen molar-refractivity contribution in [2.75, 3.05) is 6.54 Å². The van der Waals surface area contributed by atoms with Crippen molar-refractivity contribution in [1.29, 1.82) is 0 Å². The Kier molecular flexibility index (Phi) is 4.11. The van der Waals surface area contributed by atoms with E-state index < -0.39 is 0 Å². The monoisotopic (exact) mass is 243 g/mol. The number of hydrogen-bond acceptors (Lipinski definition) is 1. The Bertz CT molecular complexity index is 534. The second-order valence-electron chi connectivity index (χ2n) is 4.46. The lowest BCUT2D eigenvalue weighted by atomic mass is 10.0. The average Bonchev–Trinajstić information content (AvgIpc) is 2.38. The maximum Gasteiger partial charge on any atom is 0.131 e. The van der Waals surface area contributed by atoms with E-state index in [1.165, 1.54) is 0 Å². The van der Waals surface area contributed by atoms with E-state index in [1.807, 2.05) is 43.3 Å². The Balaban J connectivity index is 2.37. The third-order valence-electron chi connectivity index (χ3n) is 2.94. The van der Waals surface area contributed by atoms with Gasteiger partial charge in [-0.15, -0.1) is 0 Å². The number of nitrogens with one attached hydrogen (secondary N) is 1. The quantitative estimate of drug-likeness (QED) is 0.858. The van der Waals surface area contributed by atoms with Crippen LogP contribution in [0.4, 0.5) is 4.39 Å². The summed E-state index contributed by atoms with van der Waals surface area (Å²) in [5.74, 6) is -0.166. The molecule has 0 atom stereocenters. The summed E-state index contributed by atoms with van der Waals surface area (Å²) in [7, 11) is 0. The second kappa shape index (κ2) is 5.78. The molecule has 2 rings (SSSR count). The minimum absolute atomic E-state index is 0.166. The zero-order chi connectivity index (χ0) is 13.0. The molecule has 0 aliphatic carbocycles. The Labute approximate surface area is 108 Å². The molecule has 0 heterocycles. The number of benzene rings is 2. The minimum Gasteiger partial charge on any atom is -0.313 e. The molecule has 2 aromatic rings. The van der Waals surface area contributed by atoms with Crippen molar-refractivity contribution in [2.45, 2.75) is 20.4 Å². The Morgan fingerprint density at radius 2 is 1.94 bits per heavy atom. The van der Waals surface area contributed by atoms with Crippen LogP contribution < -0.4 is 5.32 Å². The van der Waals surface area contributed by atoms with Gasteiger partial charge in [-0.1, -0.05) is 42.8 Å². The van der Waals surface area contributed by atoms with Crippen molar-refractivity contribution in [1.82, 2.24) is 5.32 Å². The van der Waals surface area contributed by atoms with E-state index in [9.17, 15) is 4.39 Å². The van der Waals surface area contributed by atoms with E-state index in [4.69, 9.17) is 0 Å². The standard InChI is InChI=1S/C16H18FN/c1-3-18-11-13-7-8-16(17)15(10-13)14-6-4-5-12(2)9-14/h4-10,18H,3,11H2,1-2H3. The van der Waals surface area contributed by atoms with Crippen molar-refractivity contribution in [2.24, 2.45) is 0 Å². The third-order valence-corrected chi connectivity index (χ3v) is 2.94. The maximum absolute atomic E-state index is 13.9. The fourth-order valence-corrected chi connectivity index (χ4v) is 1.99. The highest BCUT2D eigenvalue weighted by molar-refractivity contribution is 5.65. The van der Waals surface area contributed by atoms with E-state index in [-0.39, 0.29) is 5.82 Å². The summed E-state index contributed by atoms with van der Waals surface area (Å²) in [5.41, 5.74) is 3.86. The van der Waals surface area contributed by atoms with Crippen LogP contribution in [0.25, 0.3) is 11.1 Å². The molecule has 0 saturated heterocycles. The van der Waals surface area contributed by atoms with Crippen LogP contribution in [0.3, 0.4) is 0 Å². The van der Waals surface area contributed by atoms with Gasteiger partial charge in [-0.2, -0.15) is 0 Å². The van der Waals surface area contributed by atoms with Gasteiger partial charge in [0.1, 0.15) is 5.82 Å². The summed E-state index contributed by atoms with van der Waals surface area (Å²) in [6.07, 6.45) is 0. The molecule has 18 heavy (non-hydrogen) atoms. The van der Waals surface area contributed by atoms with Gasteiger partial charge in [0.05, 0.1) is 0 Å². The molecule has 0 aliphatic heterocycles. The van der Waals surface area contributed by atoms with Crippen LogP contribution in [0.5, 0.6) is 0 Å². The first kappa shape index (κ1) is 12.8. The maximum atomic E-state index is 13.9. The molecule has 0 bridgehead atoms. The zero-order valence-electron chi connectivity index (χ0n) is 10.8. The van der Waals surface area contributed by atoms with Gasteiger partial charge in [-0.05, 0) is 36.7 Å². The molecular formula is C16H18FN. The first-order valence-electron chi connectivity index (χ1n) is 6.27. The van der Waals surface area contributed by atoms with Crippen LogP contribution >= 0.6 is 0 Å². The van der Waals surface area contributed by atoms with Crippen molar-refractivity contribution < 1.29 is 4.39 Å². The normalized spacial score (nSPS) is 10.6. The van der Waals surface area contributed by atoms with Gasteiger partial charge >= 0.3 is 0 Å². The number of aryl methyl sites for hydroxylation is 1. The molecule has 0 radical (unpaired) electrons. The van der Waals surface area contributed by atoms with Crippen molar-refractivity contribution >= 4 is 0 Å². The number of rotatable bonds is 4. The summed E-state index contributed by atoms with van der Waals surface area (Å²) < 4.78 is 13.9. The molecule has 0 amide bonds. The van der Waals surface area contributed by atoms with E-state index in [1.54, 1.807) is 6.07 Å². The summed E-state index contributed by atoms with van der Waals surface area (Å²) in [5, 5.41) is 3.25. The topological polar surface area (TPSA) is 12.0 Å². The molecule has 0 fully saturated rings. The van der Waals surface area contributed by atoms with Crippen molar-refractivity contribution in [3.63, 3.8) is 0 Å². The SMILES string of the molecule is CCNCc1ccc(F)c(-c2cccc(C)c2)c1. The molecular weight excluding hydrogens is 225 g/mol. The zero-order valence-corrected chi connectivity index (χ0v) is 10.8. The van der Waals surface area contributed by atoms with E-state index >= 15 is 0 Å². The fraction of sp³-hybridized carbons (Fsp3) is 0.250. The lowest BCUT2D eigenvalue weighted by molar-refractivity contribution is 0.629. The highest BCUT2D eigenvalue weighted by Crippen LogP contribution is 2.24. The smallest absolute Gasteiger partial charge is 0.131 e. The minimum atomic E-state index is -0.166. The van der Waals surface area contributed by atoms with Gasteiger partial charge in [0.15, 0.2) is 0 Å². The van der Waals surface area contributed by atoms with Gasteiger partial charge in [-0.25, -0.2) is 4.39 Å². The summed E-state index contributed by atoms with van der Waals surface area (Å²) >= 11 is 0. The average molecular weight is 243 g/mol. The van der Waals surface area contributed by atoms with Crippen LogP contribution in [0.2, 0.25) is 0 Å². The van der Waals surface area contributed by atoms with Crippen LogP contribution in [0.1, 0.15) is 18.1 Å². The third kappa shape index (κ3) is 2.96. The van der Waals surface area contributed by atoms with Crippen LogP contribution in [0, 0.1) is 12.7 Å². The van der Waals surface area contributed by atoms with Crippen LogP contribution in [0.15, 0.2) is 42.5 Å². The molecule has 0 aliphatic rings. The van der Waals surface area contributed by atoms with Gasteiger partial charge in [0.25, 0.3) is 0 Å². The van der Waals surface area contributed by atoms with Gasteiger partial charge in [0, 0.05) is 12.1 Å². The van der Waals surface area contributed by atoms with Gasteiger partial charge in [0.2, 0.25) is 0 Å². The molecule has 0 unspecified atom stereocenters. The lowest BCUT2D eigenvalue weighted by Crippen LogP contribution is -2.11. The highest BCUT2D eigenvalue weighted by Gasteiger charge is 2.06. The molecule has 94 valence electrons. The van der Waals surface area contributed by atoms with E-state index in [2.05, 4.69) is 12.2 Å². The van der Waals surface area contributed by atoms with E-state index in [0.717, 1.165) is 29.8 Å². The molecule has 0 saturated carbocycles. The fourth-order valence-electron chi connectivity index (χ4n) is 1.99. The predicted octanol–water partition coefficient (Wildman–Crippen LogP) is 3.91. The number of halogens is 1. The predicted molar refractivity (Wildman–Crippen MR) is 74.0 cm³/mol. The molecule has 0 aromatic heterocycles. The van der Waals surface area contributed by atoms with Crippen LogP contribution in [-0.4, -0.2) is 6.54 Å². The molecule has 2 aromatic carbocycles. The first-order chi connectivity index (χ1) is 8.70. The largest absolute Gasteiger partial charge is 0.313 e. The molecule has 2 heteroatoms. The molecule has 1 N–H and O–H groups in total. The summed E-state index contributed by atoms with van der Waals surface area (Å²) in [6, 6.07) is 13.2. The van der Waals surface area contributed by atoms with Gasteiger partial charge < -0.3 is 5.32 Å². The second-order valence-corrected chi connectivity index (χ2v) is 4.46. The molecule has 1 nitrogen and oxygen atoms in total. The Hall–Kier alpha value is -1.67. The van der Waals surface area contributed by atoms with E-state index in [0.29, 0.717) is 5.56 Å². The van der Waals surface area contributed by atoms with Gasteiger partial charge in [-0.3, -0.25) is 0 Å². The summed E-state index contributed by atoms with van der Waals surface area (Å²) in [6.45, 7) is 5.77. The Morgan fingerprint density at radius 3 is 2.67 bits per heavy atom. The van der Waals surface area contributed by atoms with Crippen molar-refractivity contribution in [3.8, 4) is 11.1 Å². The Morgan fingerprint density at radius 1 is 1.11 bits per heavy atom. The lowest BCUT2D eigenvalue weighted by Gasteiger charge is -2.08. The highest BCUT2D eigenvalue weighted by atomic mass is 19.1. The summed E-state index contributed by atoms with van der Waals surface area (Å²) in [4.78, 5) is 0. The number of hydrogen-bond donors (Lipinski definition) is 1. The molecule has 0 spiro atoms. The van der Waals surface area contributed by atoms with Crippen LogP contribution in [-0.2, 0) is 6.54 Å². The first-order valence-corrected chi connectivity index (χ1v) is 6.27.